The van der Waals surface area contributed by atoms with E-state index in [9.17, 15) is 18.8 Å². The van der Waals surface area contributed by atoms with Crippen molar-refractivity contribution in [3.8, 4) is 0 Å². The van der Waals surface area contributed by atoms with Crippen molar-refractivity contribution in [2.75, 3.05) is 6.54 Å². The predicted octanol–water partition coefficient (Wildman–Crippen LogP) is 4.13. The Kier molecular flexibility index (Phi) is 7.42. The Bertz CT molecular complexity index is 1240. The number of benzene rings is 1. The van der Waals surface area contributed by atoms with E-state index in [2.05, 4.69) is 12.2 Å². The molecule has 8 heteroatoms. The molecule has 0 saturated heterocycles. The molecule has 2 aromatic heterocycles. The number of amides is 1. The summed E-state index contributed by atoms with van der Waals surface area (Å²) >= 11 is 1.30. The van der Waals surface area contributed by atoms with Crippen LogP contribution in [0.25, 0.3) is 10.2 Å². The van der Waals surface area contributed by atoms with E-state index in [1.54, 1.807) is 29.6 Å². The highest BCUT2D eigenvalue weighted by atomic mass is 32.1. The summed E-state index contributed by atoms with van der Waals surface area (Å²) in [5.41, 5.74) is 0.261. The lowest BCUT2D eigenvalue weighted by Crippen LogP contribution is -2.42. The summed E-state index contributed by atoms with van der Waals surface area (Å²) in [7, 11) is 0. The van der Waals surface area contributed by atoms with Crippen LogP contribution in [0.1, 0.15) is 51.0 Å². The standard InChI is InChI=1S/C25H30FN3O3S/c1-2-3-13-27-23(30)18-10-8-17(9-11-18)15-29-24(31)22-21(12-14-33-22)28(25(29)32)16-19-6-4-5-7-20(19)26/h4-7,12,14,17-18H,2-3,8-11,13,15-16H2,1H3,(H,27,30). The topological polar surface area (TPSA) is 73.1 Å². The maximum absolute atomic E-state index is 14.3. The Labute approximate surface area is 196 Å². The number of thiophene rings is 1. The smallest absolute Gasteiger partial charge is 0.331 e. The lowest BCUT2D eigenvalue weighted by atomic mass is 9.81. The zero-order chi connectivity index (χ0) is 23.4. The number of carbonyl (C=O) groups is 1. The van der Waals surface area contributed by atoms with Gasteiger partial charge in [0, 0.05) is 24.6 Å². The molecule has 1 aliphatic carbocycles. The maximum Gasteiger partial charge on any atom is 0.331 e. The van der Waals surface area contributed by atoms with Gasteiger partial charge in [-0.05, 0) is 55.5 Å². The molecular formula is C25H30FN3O3S. The summed E-state index contributed by atoms with van der Waals surface area (Å²) in [6.45, 7) is 3.21. The summed E-state index contributed by atoms with van der Waals surface area (Å²) in [5.74, 6) is -0.0888. The van der Waals surface area contributed by atoms with Gasteiger partial charge in [0.1, 0.15) is 10.5 Å². The van der Waals surface area contributed by atoms with Crippen molar-refractivity contribution in [2.24, 2.45) is 11.8 Å². The van der Waals surface area contributed by atoms with Crippen molar-refractivity contribution in [2.45, 2.75) is 58.5 Å². The van der Waals surface area contributed by atoms with Crippen LogP contribution in [0.5, 0.6) is 0 Å². The van der Waals surface area contributed by atoms with Gasteiger partial charge in [-0.25, -0.2) is 9.18 Å². The molecule has 1 aromatic carbocycles. The summed E-state index contributed by atoms with van der Waals surface area (Å²) < 4.78 is 17.6. The number of fused-ring (bicyclic) bond motifs is 1. The fraction of sp³-hybridized carbons (Fsp3) is 0.480. The van der Waals surface area contributed by atoms with Gasteiger partial charge in [0.2, 0.25) is 5.91 Å². The third-order valence-corrected chi connectivity index (χ3v) is 7.50. The molecule has 1 aliphatic rings. The van der Waals surface area contributed by atoms with E-state index in [1.807, 2.05) is 0 Å². The van der Waals surface area contributed by atoms with Crippen LogP contribution in [0.4, 0.5) is 4.39 Å². The van der Waals surface area contributed by atoms with Crippen LogP contribution in [-0.2, 0) is 17.9 Å². The van der Waals surface area contributed by atoms with Crippen LogP contribution in [0.3, 0.4) is 0 Å². The molecule has 176 valence electrons. The molecule has 2 heterocycles. The number of nitrogens with one attached hydrogen (secondary N) is 1. The highest BCUT2D eigenvalue weighted by Crippen LogP contribution is 2.30. The van der Waals surface area contributed by atoms with Crippen molar-refractivity contribution in [3.05, 3.63) is 67.9 Å². The molecule has 6 nitrogen and oxygen atoms in total. The molecule has 3 aromatic rings. The molecule has 1 saturated carbocycles. The largest absolute Gasteiger partial charge is 0.356 e. The van der Waals surface area contributed by atoms with Gasteiger partial charge in [-0.2, -0.15) is 0 Å². The van der Waals surface area contributed by atoms with E-state index in [-0.39, 0.29) is 35.7 Å². The van der Waals surface area contributed by atoms with Crippen LogP contribution in [0.2, 0.25) is 0 Å². The van der Waals surface area contributed by atoms with Gasteiger partial charge < -0.3 is 5.32 Å². The molecule has 4 rings (SSSR count). The summed E-state index contributed by atoms with van der Waals surface area (Å²) in [4.78, 5) is 38.8. The molecule has 1 N–H and O–H groups in total. The lowest BCUT2D eigenvalue weighted by Gasteiger charge is -2.28. The van der Waals surface area contributed by atoms with Gasteiger partial charge in [-0.1, -0.05) is 31.5 Å². The van der Waals surface area contributed by atoms with Gasteiger partial charge in [-0.15, -0.1) is 11.3 Å². The molecule has 0 atom stereocenters. The average Bonchev–Trinajstić information content (AvgIpc) is 3.31. The normalized spacial score (nSPS) is 18.5. The Morgan fingerprint density at radius 3 is 2.61 bits per heavy atom. The molecule has 0 spiro atoms. The molecule has 1 fully saturated rings. The van der Waals surface area contributed by atoms with E-state index in [4.69, 9.17) is 0 Å². The van der Waals surface area contributed by atoms with Crippen molar-refractivity contribution >= 4 is 27.5 Å². The number of nitrogens with zero attached hydrogens (tertiary/aromatic N) is 2. The number of unbranched alkanes of at least 4 members (excludes halogenated alkanes) is 1. The first kappa shape index (κ1) is 23.4. The number of carbonyl (C=O) groups excluding carboxylic acids is 1. The number of hydrogen-bond donors (Lipinski definition) is 1. The Morgan fingerprint density at radius 1 is 1.12 bits per heavy atom. The Hall–Kier alpha value is -2.74. The van der Waals surface area contributed by atoms with Gasteiger partial charge >= 0.3 is 5.69 Å². The molecule has 0 radical (unpaired) electrons. The first-order chi connectivity index (χ1) is 16.0. The monoisotopic (exact) mass is 471 g/mol. The number of aromatic nitrogens is 2. The first-order valence-electron chi connectivity index (χ1n) is 11.7. The van der Waals surface area contributed by atoms with Crippen molar-refractivity contribution in [3.63, 3.8) is 0 Å². The van der Waals surface area contributed by atoms with Gasteiger partial charge in [-0.3, -0.25) is 18.7 Å². The maximum atomic E-state index is 14.3. The van der Waals surface area contributed by atoms with E-state index in [0.717, 1.165) is 38.5 Å². The SMILES string of the molecule is CCCCNC(=O)C1CCC(Cn2c(=O)c3sccc3n(Cc3ccccc3F)c2=O)CC1. The number of hydrogen-bond acceptors (Lipinski definition) is 4. The van der Waals surface area contributed by atoms with Crippen LogP contribution >= 0.6 is 11.3 Å². The third kappa shape index (κ3) is 5.11. The van der Waals surface area contributed by atoms with Crippen molar-refractivity contribution in [1.82, 2.24) is 14.5 Å². The Morgan fingerprint density at radius 2 is 1.88 bits per heavy atom. The lowest BCUT2D eigenvalue weighted by molar-refractivity contribution is -0.126. The molecule has 0 aliphatic heterocycles. The first-order valence-corrected chi connectivity index (χ1v) is 12.6. The van der Waals surface area contributed by atoms with Crippen LogP contribution in [0.15, 0.2) is 45.3 Å². The third-order valence-electron chi connectivity index (χ3n) is 6.61. The molecule has 0 unspecified atom stereocenters. The molecule has 33 heavy (non-hydrogen) atoms. The zero-order valence-electron chi connectivity index (χ0n) is 18.9. The van der Waals surface area contributed by atoms with E-state index in [0.29, 0.717) is 28.9 Å². The zero-order valence-corrected chi connectivity index (χ0v) is 19.7. The van der Waals surface area contributed by atoms with Crippen LogP contribution in [0, 0.1) is 17.7 Å². The number of rotatable bonds is 8. The van der Waals surface area contributed by atoms with E-state index < -0.39 is 5.69 Å². The molecular weight excluding hydrogens is 441 g/mol. The highest BCUT2D eigenvalue weighted by molar-refractivity contribution is 7.17. The van der Waals surface area contributed by atoms with Gasteiger partial charge in [0.15, 0.2) is 0 Å². The minimum absolute atomic E-state index is 0.00678. The summed E-state index contributed by atoms with van der Waals surface area (Å²) in [5, 5.41) is 4.80. The number of halogens is 1. The summed E-state index contributed by atoms with van der Waals surface area (Å²) in [6, 6.07) is 8.13. The highest BCUT2D eigenvalue weighted by Gasteiger charge is 2.27. The molecule has 1 amide bonds. The average molecular weight is 472 g/mol. The minimum atomic E-state index is -0.409. The van der Waals surface area contributed by atoms with Crippen LogP contribution < -0.4 is 16.6 Å². The van der Waals surface area contributed by atoms with E-state index >= 15 is 0 Å². The second-order valence-corrected chi connectivity index (χ2v) is 9.79. The second-order valence-electron chi connectivity index (χ2n) is 8.87. The summed E-state index contributed by atoms with van der Waals surface area (Å²) in [6.07, 6.45) is 5.16. The quantitative estimate of drug-likeness (QED) is 0.502. The fourth-order valence-electron chi connectivity index (χ4n) is 4.64. The second kappa shape index (κ2) is 10.5. The van der Waals surface area contributed by atoms with Crippen molar-refractivity contribution in [1.29, 1.82) is 0 Å². The van der Waals surface area contributed by atoms with Crippen LogP contribution in [-0.4, -0.2) is 21.6 Å². The minimum Gasteiger partial charge on any atom is -0.356 e. The van der Waals surface area contributed by atoms with Gasteiger partial charge in [0.05, 0.1) is 12.1 Å². The van der Waals surface area contributed by atoms with Gasteiger partial charge in [0.25, 0.3) is 5.56 Å². The van der Waals surface area contributed by atoms with Crippen molar-refractivity contribution < 1.29 is 9.18 Å². The predicted molar refractivity (Wildman–Crippen MR) is 129 cm³/mol. The fourth-order valence-corrected chi connectivity index (χ4v) is 5.49. The Balaban J connectivity index is 1.53. The molecule has 0 bridgehead atoms. The van der Waals surface area contributed by atoms with E-state index in [1.165, 1.54) is 26.5 Å².